The van der Waals surface area contributed by atoms with Gasteiger partial charge >= 0.3 is 0 Å². The zero-order chi connectivity index (χ0) is 15.5. The van der Waals surface area contributed by atoms with Crippen LogP contribution in [0.2, 0.25) is 0 Å². The molecule has 0 saturated carbocycles. The van der Waals surface area contributed by atoms with Crippen molar-refractivity contribution in [3.05, 3.63) is 29.8 Å². The summed E-state index contributed by atoms with van der Waals surface area (Å²) < 4.78 is 5.64. The number of ether oxygens (including phenoxy) is 1. The van der Waals surface area contributed by atoms with Gasteiger partial charge in [0, 0.05) is 18.7 Å². The van der Waals surface area contributed by atoms with Gasteiger partial charge in [-0.1, -0.05) is 20.8 Å². The Morgan fingerprint density at radius 2 is 1.82 bits per heavy atom. The summed E-state index contributed by atoms with van der Waals surface area (Å²) in [5.41, 5.74) is 0.668. The highest BCUT2D eigenvalue weighted by Crippen LogP contribution is 2.13. The highest BCUT2D eigenvalue weighted by atomic mass is 35.5. The van der Waals surface area contributed by atoms with Gasteiger partial charge in [-0.25, -0.2) is 0 Å². The van der Waals surface area contributed by atoms with E-state index >= 15 is 0 Å². The topological polar surface area (TPSA) is 50.4 Å². The fraction of sp³-hybridized carbons (Fsp3) is 0.588. The van der Waals surface area contributed by atoms with Crippen LogP contribution >= 0.6 is 12.4 Å². The molecular weight excluding hydrogens is 300 g/mol. The average Bonchev–Trinajstić information content (AvgIpc) is 2.47. The molecule has 0 saturated heterocycles. The van der Waals surface area contributed by atoms with E-state index in [2.05, 4.69) is 31.4 Å². The minimum Gasteiger partial charge on any atom is -0.494 e. The van der Waals surface area contributed by atoms with Crippen molar-refractivity contribution < 1.29 is 9.53 Å². The standard InChI is InChI=1S/C17H28N2O2.ClH/c1-4-10-18-11-12-19-17(20)15-5-7-16(8-6-15)21-13-9-14(2)3;/h5-8,14,18H,4,9-13H2,1-3H3,(H,19,20);1H. The van der Waals surface area contributed by atoms with E-state index in [1.807, 2.05) is 12.1 Å². The van der Waals surface area contributed by atoms with Crippen molar-refractivity contribution in [2.45, 2.75) is 33.6 Å². The Labute approximate surface area is 140 Å². The molecule has 0 unspecified atom stereocenters. The zero-order valence-corrected chi connectivity index (χ0v) is 14.7. The Bertz CT molecular complexity index is 408. The zero-order valence-electron chi connectivity index (χ0n) is 13.9. The first-order valence-corrected chi connectivity index (χ1v) is 7.85. The molecule has 0 atom stereocenters. The van der Waals surface area contributed by atoms with Crippen LogP contribution in [0.4, 0.5) is 0 Å². The summed E-state index contributed by atoms with van der Waals surface area (Å²) in [5, 5.41) is 6.14. The molecule has 22 heavy (non-hydrogen) atoms. The van der Waals surface area contributed by atoms with Crippen molar-refractivity contribution in [1.29, 1.82) is 0 Å². The van der Waals surface area contributed by atoms with Crippen molar-refractivity contribution in [3.63, 3.8) is 0 Å². The Kier molecular flexibility index (Phi) is 11.6. The lowest BCUT2D eigenvalue weighted by molar-refractivity contribution is 0.0954. The Morgan fingerprint density at radius 1 is 1.14 bits per heavy atom. The van der Waals surface area contributed by atoms with Crippen LogP contribution in [0.3, 0.4) is 0 Å². The molecule has 0 bridgehead atoms. The molecule has 0 aliphatic carbocycles. The van der Waals surface area contributed by atoms with E-state index in [-0.39, 0.29) is 18.3 Å². The molecule has 1 aromatic carbocycles. The second-order valence-electron chi connectivity index (χ2n) is 5.56. The lowest BCUT2D eigenvalue weighted by atomic mass is 10.1. The van der Waals surface area contributed by atoms with E-state index in [4.69, 9.17) is 4.74 Å². The number of hydrogen-bond donors (Lipinski definition) is 2. The molecule has 1 rings (SSSR count). The third kappa shape index (κ3) is 8.90. The molecule has 0 aliphatic heterocycles. The largest absolute Gasteiger partial charge is 0.494 e. The number of rotatable bonds is 10. The van der Waals surface area contributed by atoms with Crippen LogP contribution in [0, 0.1) is 5.92 Å². The first-order valence-electron chi connectivity index (χ1n) is 7.85. The minimum absolute atomic E-state index is 0. The number of halogens is 1. The SMILES string of the molecule is CCCNCCNC(=O)c1ccc(OCCC(C)C)cc1.Cl. The van der Waals surface area contributed by atoms with Crippen LogP contribution in [-0.4, -0.2) is 32.1 Å². The lowest BCUT2D eigenvalue weighted by Crippen LogP contribution is -2.32. The molecule has 1 amide bonds. The molecule has 5 heteroatoms. The van der Waals surface area contributed by atoms with Crippen molar-refractivity contribution in [2.75, 3.05) is 26.2 Å². The molecule has 2 N–H and O–H groups in total. The predicted molar refractivity (Wildman–Crippen MR) is 94.1 cm³/mol. The fourth-order valence-electron chi connectivity index (χ4n) is 1.78. The fourth-order valence-corrected chi connectivity index (χ4v) is 1.78. The molecule has 0 aromatic heterocycles. The Morgan fingerprint density at radius 3 is 2.41 bits per heavy atom. The number of carbonyl (C=O) groups excluding carboxylic acids is 1. The predicted octanol–water partition coefficient (Wildman–Crippen LogP) is 3.26. The van der Waals surface area contributed by atoms with Crippen LogP contribution in [0.25, 0.3) is 0 Å². The molecule has 0 spiro atoms. The first-order chi connectivity index (χ1) is 10.1. The third-order valence-corrected chi connectivity index (χ3v) is 3.09. The molecule has 126 valence electrons. The first kappa shape index (κ1) is 20.7. The summed E-state index contributed by atoms with van der Waals surface area (Å²) in [6, 6.07) is 7.31. The van der Waals surface area contributed by atoms with Crippen LogP contribution in [0.1, 0.15) is 44.0 Å². The highest BCUT2D eigenvalue weighted by molar-refractivity contribution is 5.94. The van der Waals surface area contributed by atoms with Gasteiger partial charge < -0.3 is 15.4 Å². The summed E-state index contributed by atoms with van der Waals surface area (Å²) in [6.07, 6.45) is 2.14. The maximum atomic E-state index is 11.9. The smallest absolute Gasteiger partial charge is 0.251 e. The molecule has 0 heterocycles. The minimum atomic E-state index is -0.0398. The monoisotopic (exact) mass is 328 g/mol. The number of benzene rings is 1. The van der Waals surface area contributed by atoms with Gasteiger partial charge in [0.25, 0.3) is 5.91 Å². The van der Waals surface area contributed by atoms with E-state index in [1.165, 1.54) is 0 Å². The normalized spacial score (nSPS) is 10.2. The summed E-state index contributed by atoms with van der Waals surface area (Å²) >= 11 is 0. The molecule has 4 nitrogen and oxygen atoms in total. The van der Waals surface area contributed by atoms with Crippen molar-refractivity contribution in [3.8, 4) is 5.75 Å². The van der Waals surface area contributed by atoms with Gasteiger partial charge in [0.1, 0.15) is 5.75 Å². The summed E-state index contributed by atoms with van der Waals surface area (Å²) in [6.45, 7) is 9.61. The summed E-state index contributed by atoms with van der Waals surface area (Å²) in [5.74, 6) is 1.41. The maximum Gasteiger partial charge on any atom is 0.251 e. The molecular formula is C17H29ClN2O2. The van der Waals surface area contributed by atoms with Crippen molar-refractivity contribution >= 4 is 18.3 Å². The van der Waals surface area contributed by atoms with Gasteiger partial charge in [-0.3, -0.25) is 4.79 Å². The number of carbonyl (C=O) groups is 1. The van der Waals surface area contributed by atoms with Gasteiger partial charge in [0.15, 0.2) is 0 Å². The molecule has 0 fully saturated rings. The number of nitrogens with one attached hydrogen (secondary N) is 2. The summed E-state index contributed by atoms with van der Waals surface area (Å²) in [7, 11) is 0. The Hall–Kier alpha value is -1.26. The highest BCUT2D eigenvalue weighted by Gasteiger charge is 2.05. The lowest BCUT2D eigenvalue weighted by Gasteiger charge is -2.09. The van der Waals surface area contributed by atoms with Gasteiger partial charge in [0.2, 0.25) is 0 Å². The van der Waals surface area contributed by atoms with Crippen LogP contribution < -0.4 is 15.4 Å². The average molecular weight is 329 g/mol. The van der Waals surface area contributed by atoms with E-state index in [0.29, 0.717) is 24.6 Å². The van der Waals surface area contributed by atoms with Gasteiger partial charge in [-0.15, -0.1) is 12.4 Å². The number of amides is 1. The second-order valence-corrected chi connectivity index (χ2v) is 5.56. The van der Waals surface area contributed by atoms with Crippen molar-refractivity contribution in [1.82, 2.24) is 10.6 Å². The summed E-state index contributed by atoms with van der Waals surface area (Å²) in [4.78, 5) is 11.9. The van der Waals surface area contributed by atoms with E-state index in [0.717, 1.165) is 31.7 Å². The van der Waals surface area contributed by atoms with Crippen LogP contribution in [0.15, 0.2) is 24.3 Å². The van der Waals surface area contributed by atoms with Crippen LogP contribution in [-0.2, 0) is 0 Å². The number of hydrogen-bond acceptors (Lipinski definition) is 3. The molecule has 1 aromatic rings. The van der Waals surface area contributed by atoms with E-state index < -0.39 is 0 Å². The molecule has 0 aliphatic rings. The van der Waals surface area contributed by atoms with Gasteiger partial charge in [-0.05, 0) is 49.6 Å². The third-order valence-electron chi connectivity index (χ3n) is 3.09. The van der Waals surface area contributed by atoms with Crippen LogP contribution in [0.5, 0.6) is 5.75 Å². The van der Waals surface area contributed by atoms with E-state index in [9.17, 15) is 4.79 Å². The maximum absolute atomic E-state index is 11.9. The van der Waals surface area contributed by atoms with Crippen molar-refractivity contribution in [2.24, 2.45) is 5.92 Å². The van der Waals surface area contributed by atoms with E-state index in [1.54, 1.807) is 12.1 Å². The quantitative estimate of drug-likeness (QED) is 0.648. The Balaban J connectivity index is 0.00000441. The van der Waals surface area contributed by atoms with Gasteiger partial charge in [-0.2, -0.15) is 0 Å². The second kappa shape index (κ2) is 12.3. The van der Waals surface area contributed by atoms with Gasteiger partial charge in [0.05, 0.1) is 6.61 Å². The molecule has 0 radical (unpaired) electrons.